The van der Waals surface area contributed by atoms with Crippen molar-refractivity contribution in [1.82, 2.24) is 19.9 Å². The van der Waals surface area contributed by atoms with Gasteiger partial charge in [-0.05, 0) is 25.7 Å². The first kappa shape index (κ1) is 25.1. The van der Waals surface area contributed by atoms with E-state index in [4.69, 9.17) is 29.2 Å². The first-order chi connectivity index (χ1) is 17.5. The summed E-state index contributed by atoms with van der Waals surface area (Å²) in [5.41, 5.74) is 3.40. The van der Waals surface area contributed by atoms with Crippen LogP contribution in [-0.4, -0.2) is 96.6 Å². The van der Waals surface area contributed by atoms with E-state index in [9.17, 15) is 0 Å². The second-order valence-corrected chi connectivity index (χ2v) is 12.9. The maximum absolute atomic E-state index is 6.29. The van der Waals surface area contributed by atoms with Crippen molar-refractivity contribution >= 4 is 61.1 Å². The maximum atomic E-state index is 6.29. The van der Waals surface area contributed by atoms with Crippen molar-refractivity contribution < 1.29 is 14.2 Å². The van der Waals surface area contributed by atoms with Gasteiger partial charge in [-0.3, -0.25) is 4.90 Å². The lowest BCUT2D eigenvalue weighted by Gasteiger charge is -2.36. The Balaban J connectivity index is 1.44. The standard InChI is InChI=1S/C25H33N5O3S3/c1-25(2)14-16-17(15-33-25)21(30-6-11-32-12-7-30)27-22-18(16)19-20(36-22)23(28-24(26-19)34-3)35-13-8-29-4-9-31-10-5-29/h4-15H2,1-3H3. The normalized spacial score (nSPS) is 20.8. The molecule has 0 N–H and O–H groups in total. The van der Waals surface area contributed by atoms with Gasteiger partial charge in [-0.2, -0.15) is 0 Å². The lowest BCUT2D eigenvalue weighted by molar-refractivity contribution is -0.0396. The van der Waals surface area contributed by atoms with E-state index >= 15 is 0 Å². The van der Waals surface area contributed by atoms with Crippen LogP contribution in [0, 0.1) is 0 Å². The zero-order valence-corrected chi connectivity index (χ0v) is 23.6. The predicted molar refractivity (Wildman–Crippen MR) is 148 cm³/mol. The van der Waals surface area contributed by atoms with Gasteiger partial charge in [-0.25, -0.2) is 15.0 Å². The highest BCUT2D eigenvalue weighted by molar-refractivity contribution is 7.99. The molecule has 0 aromatic carbocycles. The van der Waals surface area contributed by atoms with Crippen molar-refractivity contribution in [3.8, 4) is 0 Å². The quantitative estimate of drug-likeness (QED) is 0.256. The number of thioether (sulfide) groups is 2. The van der Waals surface area contributed by atoms with Gasteiger partial charge in [0, 0.05) is 55.8 Å². The number of morpholine rings is 2. The molecule has 3 aliphatic heterocycles. The topological polar surface area (TPSA) is 72.8 Å². The zero-order valence-electron chi connectivity index (χ0n) is 21.2. The second kappa shape index (κ2) is 10.5. The molecule has 8 nitrogen and oxygen atoms in total. The van der Waals surface area contributed by atoms with E-state index in [1.807, 2.05) is 11.8 Å². The molecule has 36 heavy (non-hydrogen) atoms. The van der Waals surface area contributed by atoms with Gasteiger partial charge in [0.15, 0.2) is 5.16 Å². The number of thiophene rings is 1. The first-order valence-corrected chi connectivity index (χ1v) is 15.6. The Kier molecular flexibility index (Phi) is 7.33. The molecular formula is C25H33N5O3S3. The van der Waals surface area contributed by atoms with Crippen molar-refractivity contribution in [2.24, 2.45) is 0 Å². The minimum Gasteiger partial charge on any atom is -0.379 e. The van der Waals surface area contributed by atoms with Crippen LogP contribution in [0.4, 0.5) is 5.82 Å². The second-order valence-electron chi connectivity index (χ2n) is 9.99. The molecule has 0 spiro atoms. The maximum Gasteiger partial charge on any atom is 0.189 e. The molecular weight excluding hydrogens is 515 g/mol. The Hall–Kier alpha value is -1.21. The van der Waals surface area contributed by atoms with Gasteiger partial charge >= 0.3 is 0 Å². The summed E-state index contributed by atoms with van der Waals surface area (Å²) in [6.07, 6.45) is 2.90. The van der Waals surface area contributed by atoms with Crippen molar-refractivity contribution in [3.05, 3.63) is 11.1 Å². The SMILES string of the molecule is CSc1nc(SCCN2CCOCC2)c2sc3nc(N4CCOCC4)c4c(c3c2n1)CC(C)(C)OC4. The summed E-state index contributed by atoms with van der Waals surface area (Å²) in [6.45, 7) is 12.9. The van der Waals surface area contributed by atoms with Crippen molar-refractivity contribution in [2.75, 3.05) is 76.1 Å². The van der Waals surface area contributed by atoms with Crippen molar-refractivity contribution in [1.29, 1.82) is 0 Å². The Morgan fingerprint density at radius 2 is 1.72 bits per heavy atom. The molecule has 0 amide bonds. The molecule has 6 heterocycles. The van der Waals surface area contributed by atoms with Crippen LogP contribution < -0.4 is 4.90 Å². The third-order valence-electron chi connectivity index (χ3n) is 7.06. The lowest BCUT2D eigenvalue weighted by Crippen LogP contribution is -2.39. The number of fused-ring (bicyclic) bond motifs is 5. The summed E-state index contributed by atoms with van der Waals surface area (Å²) in [4.78, 5) is 21.2. The molecule has 0 bridgehead atoms. The molecule has 0 atom stereocenters. The summed E-state index contributed by atoms with van der Waals surface area (Å²) < 4.78 is 18.6. The van der Waals surface area contributed by atoms with Crippen molar-refractivity contribution in [2.45, 2.75) is 42.7 Å². The highest BCUT2D eigenvalue weighted by Crippen LogP contribution is 2.45. The van der Waals surface area contributed by atoms with E-state index in [1.165, 1.54) is 16.5 Å². The largest absolute Gasteiger partial charge is 0.379 e. The number of hydrogen-bond donors (Lipinski definition) is 0. The van der Waals surface area contributed by atoms with Crippen LogP contribution in [0.5, 0.6) is 0 Å². The molecule has 3 aliphatic rings. The minimum atomic E-state index is -0.219. The summed E-state index contributed by atoms with van der Waals surface area (Å²) in [5.74, 6) is 2.06. The van der Waals surface area contributed by atoms with E-state index in [-0.39, 0.29) is 5.60 Å². The Labute approximate surface area is 224 Å². The van der Waals surface area contributed by atoms with E-state index in [0.29, 0.717) is 6.61 Å². The van der Waals surface area contributed by atoms with Crippen LogP contribution >= 0.6 is 34.9 Å². The smallest absolute Gasteiger partial charge is 0.189 e. The molecule has 3 aromatic heterocycles. The van der Waals surface area contributed by atoms with Crippen LogP contribution in [0.2, 0.25) is 0 Å². The van der Waals surface area contributed by atoms with Crippen LogP contribution in [-0.2, 0) is 27.2 Å². The van der Waals surface area contributed by atoms with Gasteiger partial charge in [-0.1, -0.05) is 11.8 Å². The van der Waals surface area contributed by atoms with Crippen LogP contribution in [0.3, 0.4) is 0 Å². The fraction of sp³-hybridized carbons (Fsp3) is 0.640. The monoisotopic (exact) mass is 547 g/mol. The number of anilines is 1. The number of nitrogens with zero attached hydrogens (tertiary/aromatic N) is 5. The van der Waals surface area contributed by atoms with Gasteiger partial charge in [0.2, 0.25) is 0 Å². The molecule has 0 unspecified atom stereocenters. The summed E-state index contributed by atoms with van der Waals surface area (Å²) in [7, 11) is 0. The molecule has 194 valence electrons. The van der Waals surface area contributed by atoms with Gasteiger partial charge in [0.05, 0.1) is 48.9 Å². The predicted octanol–water partition coefficient (Wildman–Crippen LogP) is 4.07. The third-order valence-corrected chi connectivity index (χ3v) is 9.77. The summed E-state index contributed by atoms with van der Waals surface area (Å²) >= 11 is 5.20. The van der Waals surface area contributed by atoms with Crippen LogP contribution in [0.15, 0.2) is 10.2 Å². The highest BCUT2D eigenvalue weighted by atomic mass is 32.2. The Bertz CT molecular complexity index is 1260. The molecule has 2 fully saturated rings. The van der Waals surface area contributed by atoms with Crippen LogP contribution in [0.25, 0.3) is 20.4 Å². The molecule has 0 aliphatic carbocycles. The number of hydrogen-bond acceptors (Lipinski definition) is 11. The fourth-order valence-corrected chi connectivity index (χ4v) is 7.81. The molecule has 2 saturated heterocycles. The number of aromatic nitrogens is 3. The van der Waals surface area contributed by atoms with Crippen LogP contribution in [0.1, 0.15) is 25.0 Å². The highest BCUT2D eigenvalue weighted by Gasteiger charge is 2.33. The summed E-state index contributed by atoms with van der Waals surface area (Å²) in [6, 6.07) is 0. The molecule has 11 heteroatoms. The fourth-order valence-electron chi connectivity index (χ4n) is 5.13. The zero-order chi connectivity index (χ0) is 24.7. The first-order valence-electron chi connectivity index (χ1n) is 12.6. The van der Waals surface area contributed by atoms with Gasteiger partial charge in [0.25, 0.3) is 0 Å². The number of pyridine rings is 1. The van der Waals surface area contributed by atoms with Gasteiger partial charge in [-0.15, -0.1) is 23.1 Å². The molecule has 0 saturated carbocycles. The van der Waals surface area contributed by atoms with Gasteiger partial charge in [0.1, 0.15) is 15.7 Å². The van der Waals surface area contributed by atoms with Gasteiger partial charge < -0.3 is 19.1 Å². The van der Waals surface area contributed by atoms with E-state index in [1.54, 1.807) is 23.1 Å². The lowest BCUT2D eigenvalue weighted by atomic mass is 9.90. The molecule has 6 rings (SSSR count). The minimum absolute atomic E-state index is 0.219. The molecule has 3 aromatic rings. The van der Waals surface area contributed by atoms with E-state index < -0.39 is 0 Å². The van der Waals surface area contributed by atoms with Crippen molar-refractivity contribution in [3.63, 3.8) is 0 Å². The van der Waals surface area contributed by atoms with E-state index in [2.05, 4.69) is 29.9 Å². The Morgan fingerprint density at radius 3 is 2.47 bits per heavy atom. The average Bonchev–Trinajstić information content (AvgIpc) is 3.27. The third kappa shape index (κ3) is 4.95. The Morgan fingerprint density at radius 1 is 0.972 bits per heavy atom. The summed E-state index contributed by atoms with van der Waals surface area (Å²) in [5, 5.41) is 3.10. The average molecular weight is 548 g/mol. The number of ether oxygens (including phenoxy) is 3. The van der Waals surface area contributed by atoms with E-state index in [0.717, 1.165) is 102 Å². The number of rotatable bonds is 6. The molecule has 0 radical (unpaired) electrons.